The van der Waals surface area contributed by atoms with Gasteiger partial charge in [-0.2, -0.15) is 0 Å². The van der Waals surface area contributed by atoms with Gasteiger partial charge in [-0.3, -0.25) is 9.59 Å². The van der Waals surface area contributed by atoms with Gasteiger partial charge in [0, 0.05) is 30.5 Å². The molecule has 9 nitrogen and oxygen atoms in total. The Morgan fingerprint density at radius 2 is 1.89 bits per heavy atom. The summed E-state index contributed by atoms with van der Waals surface area (Å²) in [4.78, 5) is 28.3. The molecule has 1 saturated carbocycles. The minimum atomic E-state index is -1.09. The van der Waals surface area contributed by atoms with Gasteiger partial charge in [-0.1, -0.05) is 33.1 Å². The Kier molecular flexibility index (Phi) is 11.0. The zero-order valence-electron chi connectivity index (χ0n) is 21.8. The Balaban J connectivity index is 2.02. The fourth-order valence-electron chi connectivity index (χ4n) is 5.13. The monoisotopic (exact) mass is 630 g/mol. The maximum atomic E-state index is 13.5. The molecule has 4 N–H and O–H groups in total. The molecule has 1 fully saturated rings. The maximum absolute atomic E-state index is 13.5. The molecule has 0 aliphatic heterocycles. The van der Waals surface area contributed by atoms with Crippen LogP contribution in [-0.2, 0) is 16.2 Å². The third-order valence-corrected chi connectivity index (χ3v) is 7.82. The van der Waals surface area contributed by atoms with Gasteiger partial charge in [0.15, 0.2) is 11.5 Å². The maximum Gasteiger partial charge on any atom is 0.247 e. The predicted octanol–water partition coefficient (Wildman–Crippen LogP) is 2.52. The van der Waals surface area contributed by atoms with Crippen LogP contribution in [0.4, 0.5) is 0 Å². The standard InChI is InChI=1S/C27H39IN2O7/c1-16(2)27(35)30(19-7-5-4-6-8-19)21-13-18(26(34)29-9-10-31)14-22(24(21)33)37-25-20(28)11-17(15-32)12-23(25)36-3/h11-12,14,16,19,21-22,24,31-33H,4-10,13,15H2,1-3H3,(H,29,34). The van der Waals surface area contributed by atoms with E-state index in [-0.39, 0.29) is 50.0 Å². The summed E-state index contributed by atoms with van der Waals surface area (Å²) in [6, 6.07) is 2.77. The fraction of sp³-hybridized carbons (Fsp3) is 0.630. The van der Waals surface area contributed by atoms with Gasteiger partial charge in [0.05, 0.1) is 29.9 Å². The van der Waals surface area contributed by atoms with Gasteiger partial charge in [-0.05, 0) is 59.2 Å². The molecule has 3 atom stereocenters. The number of halogens is 1. The molecule has 1 aromatic rings. The molecule has 0 aromatic heterocycles. The first-order chi connectivity index (χ1) is 17.7. The Bertz CT molecular complexity index is 978. The summed E-state index contributed by atoms with van der Waals surface area (Å²) in [5.41, 5.74) is 1.05. The van der Waals surface area contributed by atoms with E-state index in [1.807, 2.05) is 18.7 Å². The Morgan fingerprint density at radius 3 is 2.49 bits per heavy atom. The third kappa shape index (κ3) is 7.15. The number of benzene rings is 1. The summed E-state index contributed by atoms with van der Waals surface area (Å²) in [5.74, 6) is 0.102. The van der Waals surface area contributed by atoms with E-state index in [1.165, 1.54) is 7.11 Å². The Morgan fingerprint density at radius 1 is 1.19 bits per heavy atom. The molecule has 10 heteroatoms. The molecular weight excluding hydrogens is 591 g/mol. The predicted molar refractivity (Wildman–Crippen MR) is 147 cm³/mol. The summed E-state index contributed by atoms with van der Waals surface area (Å²) in [6.07, 6.45) is 4.64. The number of amides is 2. The number of aliphatic hydroxyl groups excluding tert-OH is 3. The number of carbonyl (C=O) groups excluding carboxylic acids is 2. The number of nitrogens with zero attached hydrogens (tertiary/aromatic N) is 1. The number of aliphatic hydroxyl groups is 3. The van der Waals surface area contributed by atoms with Crippen LogP contribution in [0.15, 0.2) is 23.8 Å². The van der Waals surface area contributed by atoms with Crippen molar-refractivity contribution in [2.24, 2.45) is 5.92 Å². The van der Waals surface area contributed by atoms with E-state index < -0.39 is 18.2 Å². The van der Waals surface area contributed by atoms with Crippen molar-refractivity contribution in [1.29, 1.82) is 0 Å². The van der Waals surface area contributed by atoms with E-state index in [0.29, 0.717) is 26.2 Å². The van der Waals surface area contributed by atoms with Crippen LogP contribution in [-0.4, -0.2) is 76.6 Å². The molecule has 3 unspecified atom stereocenters. The fourth-order valence-corrected chi connectivity index (χ4v) is 5.93. The first kappa shape index (κ1) is 29.7. The number of rotatable bonds is 10. The molecule has 2 aliphatic carbocycles. The highest BCUT2D eigenvalue weighted by molar-refractivity contribution is 14.1. The van der Waals surface area contributed by atoms with E-state index >= 15 is 0 Å². The lowest BCUT2D eigenvalue weighted by atomic mass is 9.84. The first-order valence-electron chi connectivity index (χ1n) is 13.0. The largest absolute Gasteiger partial charge is 0.493 e. The topological polar surface area (TPSA) is 129 Å². The van der Waals surface area contributed by atoms with Crippen molar-refractivity contribution in [2.75, 3.05) is 20.3 Å². The van der Waals surface area contributed by atoms with Gasteiger partial charge in [-0.15, -0.1) is 0 Å². The van der Waals surface area contributed by atoms with Gasteiger partial charge in [0.1, 0.15) is 12.2 Å². The van der Waals surface area contributed by atoms with E-state index in [9.17, 15) is 24.9 Å². The van der Waals surface area contributed by atoms with Crippen molar-refractivity contribution in [3.63, 3.8) is 0 Å². The second-order valence-electron chi connectivity index (χ2n) is 9.98. The van der Waals surface area contributed by atoms with Crippen LogP contribution < -0.4 is 14.8 Å². The van der Waals surface area contributed by atoms with Gasteiger partial charge < -0.3 is 35.0 Å². The lowest BCUT2D eigenvalue weighted by Gasteiger charge is -2.46. The molecule has 3 rings (SSSR count). The smallest absolute Gasteiger partial charge is 0.247 e. The molecule has 0 heterocycles. The molecular formula is C27H39IN2O7. The van der Waals surface area contributed by atoms with Crippen LogP contribution in [0.5, 0.6) is 11.5 Å². The van der Waals surface area contributed by atoms with Crippen LogP contribution in [0.2, 0.25) is 0 Å². The second kappa shape index (κ2) is 13.8. The van der Waals surface area contributed by atoms with E-state index in [0.717, 1.165) is 32.1 Å². The highest BCUT2D eigenvalue weighted by Crippen LogP contribution is 2.38. The Labute approximate surface area is 232 Å². The van der Waals surface area contributed by atoms with Crippen LogP contribution in [0.1, 0.15) is 57.9 Å². The summed E-state index contributed by atoms with van der Waals surface area (Å²) in [6.45, 7) is 3.44. The van der Waals surface area contributed by atoms with Gasteiger partial charge >= 0.3 is 0 Å². The minimum Gasteiger partial charge on any atom is -0.493 e. The normalized spacial score (nSPS) is 22.4. The van der Waals surface area contributed by atoms with Crippen LogP contribution >= 0.6 is 22.6 Å². The first-order valence-corrected chi connectivity index (χ1v) is 14.0. The highest BCUT2D eigenvalue weighted by Gasteiger charge is 2.43. The summed E-state index contributed by atoms with van der Waals surface area (Å²) in [7, 11) is 1.50. The zero-order chi connectivity index (χ0) is 27.1. The SMILES string of the molecule is COc1cc(CO)cc(I)c1OC1C=C(C(=O)NCCO)CC(N(C(=O)C(C)C)C2CCCCC2)C1O. The molecule has 0 bridgehead atoms. The van der Waals surface area contributed by atoms with Crippen molar-refractivity contribution in [3.05, 3.63) is 32.9 Å². The number of nitrogens with one attached hydrogen (secondary N) is 1. The van der Waals surface area contributed by atoms with Crippen molar-refractivity contribution in [2.45, 2.75) is 83.3 Å². The van der Waals surface area contributed by atoms with Crippen LogP contribution in [0, 0.1) is 9.49 Å². The van der Waals surface area contributed by atoms with Crippen molar-refractivity contribution in [3.8, 4) is 11.5 Å². The molecule has 0 saturated heterocycles. The average molecular weight is 631 g/mol. The van der Waals surface area contributed by atoms with Crippen molar-refractivity contribution >= 4 is 34.4 Å². The summed E-state index contributed by atoms with van der Waals surface area (Å²) >= 11 is 2.08. The van der Waals surface area contributed by atoms with E-state index in [1.54, 1.807) is 18.2 Å². The molecule has 0 spiro atoms. The van der Waals surface area contributed by atoms with Crippen molar-refractivity contribution < 1.29 is 34.4 Å². The quantitative estimate of drug-likeness (QED) is 0.293. The Hall–Kier alpha value is -1.89. The number of methoxy groups -OCH3 is 1. The average Bonchev–Trinajstić information content (AvgIpc) is 2.90. The summed E-state index contributed by atoms with van der Waals surface area (Å²) in [5, 5.41) is 33.1. The van der Waals surface area contributed by atoms with Crippen LogP contribution in [0.25, 0.3) is 0 Å². The van der Waals surface area contributed by atoms with Crippen molar-refractivity contribution in [1.82, 2.24) is 10.2 Å². The minimum absolute atomic E-state index is 0.0117. The lowest BCUT2D eigenvalue weighted by molar-refractivity contribution is -0.146. The number of hydrogen-bond donors (Lipinski definition) is 4. The van der Waals surface area contributed by atoms with Gasteiger partial charge in [0.2, 0.25) is 11.8 Å². The molecule has 2 aliphatic rings. The number of carbonyl (C=O) groups is 2. The molecule has 37 heavy (non-hydrogen) atoms. The third-order valence-electron chi connectivity index (χ3n) is 7.01. The second-order valence-corrected chi connectivity index (χ2v) is 11.1. The summed E-state index contributed by atoms with van der Waals surface area (Å²) < 4.78 is 12.5. The molecule has 206 valence electrons. The lowest BCUT2D eigenvalue weighted by Crippen LogP contribution is -2.59. The number of hydrogen-bond acceptors (Lipinski definition) is 7. The van der Waals surface area contributed by atoms with Gasteiger partial charge in [0.25, 0.3) is 0 Å². The van der Waals surface area contributed by atoms with Gasteiger partial charge in [-0.25, -0.2) is 0 Å². The molecule has 2 amide bonds. The van der Waals surface area contributed by atoms with E-state index in [2.05, 4.69) is 27.9 Å². The molecule has 1 aromatic carbocycles. The zero-order valence-corrected chi connectivity index (χ0v) is 23.9. The number of ether oxygens (including phenoxy) is 2. The molecule has 0 radical (unpaired) electrons. The highest BCUT2D eigenvalue weighted by atomic mass is 127. The van der Waals surface area contributed by atoms with Crippen LogP contribution in [0.3, 0.4) is 0 Å². The van der Waals surface area contributed by atoms with E-state index in [4.69, 9.17) is 9.47 Å².